The number of carbonyl (C=O) groups is 1. The second-order valence-electron chi connectivity index (χ2n) is 7.80. The van der Waals surface area contributed by atoms with Gasteiger partial charge in [-0.1, -0.05) is 30.3 Å². The number of nitrogens with zero attached hydrogens (tertiary/aromatic N) is 3. The molecule has 176 valence electrons. The molecular weight excluding hydrogens is 434 g/mol. The van der Waals surface area contributed by atoms with E-state index >= 15 is 0 Å². The summed E-state index contributed by atoms with van der Waals surface area (Å²) in [4.78, 5) is 15.5. The monoisotopic (exact) mass is 461 g/mol. The molecule has 0 aliphatic rings. The number of aryl methyl sites for hydroxylation is 2. The summed E-state index contributed by atoms with van der Waals surface area (Å²) >= 11 is 0. The molecule has 0 unspecified atom stereocenters. The van der Waals surface area contributed by atoms with Gasteiger partial charge >= 0.3 is 5.97 Å². The van der Waals surface area contributed by atoms with E-state index in [0.717, 1.165) is 33.9 Å². The summed E-state index contributed by atoms with van der Waals surface area (Å²) in [7, 11) is 0. The molecule has 4 rings (SSSR count). The van der Waals surface area contributed by atoms with Crippen molar-refractivity contribution in [1.82, 2.24) is 14.8 Å². The van der Waals surface area contributed by atoms with Gasteiger partial charge in [0.05, 0.1) is 13.2 Å². The third kappa shape index (κ3) is 5.83. The van der Waals surface area contributed by atoms with Gasteiger partial charge in [0.1, 0.15) is 23.8 Å². The smallest absolute Gasteiger partial charge is 0.303 e. The summed E-state index contributed by atoms with van der Waals surface area (Å²) < 4.78 is 19.0. The molecule has 0 fully saturated rings. The number of rotatable bonds is 11. The summed E-state index contributed by atoms with van der Waals surface area (Å²) in [6.07, 6.45) is 2.26. The number of oxazole rings is 1. The van der Waals surface area contributed by atoms with Crippen LogP contribution in [-0.4, -0.2) is 32.4 Å². The van der Waals surface area contributed by atoms with Gasteiger partial charge in [-0.2, -0.15) is 0 Å². The van der Waals surface area contributed by atoms with Crippen molar-refractivity contribution in [3.8, 4) is 23.1 Å². The van der Waals surface area contributed by atoms with Gasteiger partial charge in [0, 0.05) is 23.7 Å². The van der Waals surface area contributed by atoms with Crippen molar-refractivity contribution in [3.05, 3.63) is 83.4 Å². The Bertz CT molecular complexity index is 1230. The molecular formula is C26H27N3O5. The van der Waals surface area contributed by atoms with Gasteiger partial charge in [-0.25, -0.2) is 4.98 Å². The molecule has 0 saturated carbocycles. The van der Waals surface area contributed by atoms with Crippen molar-refractivity contribution in [1.29, 1.82) is 0 Å². The largest absolute Gasteiger partial charge is 0.487 e. The van der Waals surface area contributed by atoms with E-state index in [4.69, 9.17) is 19.0 Å². The molecule has 0 radical (unpaired) electrons. The lowest BCUT2D eigenvalue weighted by Crippen LogP contribution is -2.02. The second kappa shape index (κ2) is 10.7. The average Bonchev–Trinajstić information content (AvgIpc) is 3.40. The molecule has 0 spiro atoms. The van der Waals surface area contributed by atoms with E-state index in [9.17, 15) is 4.79 Å². The minimum absolute atomic E-state index is 0.0373. The quantitative estimate of drug-likeness (QED) is 0.339. The standard InChI is InChI=1S/C26H27N3O5/c1-3-32-26-21(11-14-24(30)31)16-29(28-26)15-19-9-12-22(13-10-19)33-17-23-18(2)34-25(27-23)20-7-5-4-6-8-20/h4-10,12-13,16H,3,11,14-15,17H2,1-2H3,(H,30,31). The summed E-state index contributed by atoms with van der Waals surface area (Å²) in [6.45, 7) is 5.08. The first kappa shape index (κ1) is 23.1. The fraction of sp³-hybridized carbons (Fsp3) is 0.269. The van der Waals surface area contributed by atoms with Crippen molar-refractivity contribution in [3.63, 3.8) is 0 Å². The number of hydrogen-bond donors (Lipinski definition) is 1. The highest BCUT2D eigenvalue weighted by Gasteiger charge is 2.13. The molecule has 0 amide bonds. The van der Waals surface area contributed by atoms with E-state index in [-0.39, 0.29) is 6.42 Å². The number of aromatic nitrogens is 3. The van der Waals surface area contributed by atoms with Gasteiger partial charge < -0.3 is 19.0 Å². The second-order valence-corrected chi connectivity index (χ2v) is 7.80. The van der Waals surface area contributed by atoms with Crippen LogP contribution in [-0.2, 0) is 24.4 Å². The van der Waals surface area contributed by atoms with Crippen molar-refractivity contribution in [2.24, 2.45) is 0 Å². The van der Waals surface area contributed by atoms with Gasteiger partial charge in [0.25, 0.3) is 0 Å². The maximum atomic E-state index is 10.9. The van der Waals surface area contributed by atoms with Crippen LogP contribution < -0.4 is 9.47 Å². The van der Waals surface area contributed by atoms with Crippen LogP contribution in [0.4, 0.5) is 0 Å². The number of carboxylic acid groups (broad SMARTS) is 1. The van der Waals surface area contributed by atoms with E-state index in [2.05, 4.69) is 10.1 Å². The predicted molar refractivity (Wildman–Crippen MR) is 126 cm³/mol. The first-order valence-corrected chi connectivity index (χ1v) is 11.2. The van der Waals surface area contributed by atoms with Crippen molar-refractivity contribution in [2.75, 3.05) is 6.61 Å². The molecule has 0 atom stereocenters. The summed E-state index contributed by atoms with van der Waals surface area (Å²) in [5.41, 5.74) is 3.52. The SMILES string of the molecule is CCOc1nn(Cc2ccc(OCc3nc(-c4ccccc4)oc3C)cc2)cc1CCC(=O)O. The Balaban J connectivity index is 1.37. The van der Waals surface area contributed by atoms with Crippen LogP contribution >= 0.6 is 0 Å². The maximum Gasteiger partial charge on any atom is 0.303 e. The molecule has 2 heterocycles. The molecule has 1 N–H and O–H groups in total. The number of hydrogen-bond acceptors (Lipinski definition) is 6. The van der Waals surface area contributed by atoms with Gasteiger partial charge in [0.2, 0.25) is 11.8 Å². The minimum atomic E-state index is -0.845. The van der Waals surface area contributed by atoms with E-state index in [1.54, 1.807) is 4.68 Å². The molecule has 2 aromatic carbocycles. The van der Waals surface area contributed by atoms with E-state index in [1.807, 2.05) is 74.6 Å². The molecule has 0 aliphatic carbocycles. The fourth-order valence-electron chi connectivity index (χ4n) is 3.49. The Morgan fingerprint density at radius 2 is 1.85 bits per heavy atom. The third-order valence-corrected chi connectivity index (χ3v) is 5.24. The highest BCUT2D eigenvalue weighted by Crippen LogP contribution is 2.23. The zero-order valence-electron chi connectivity index (χ0n) is 19.2. The lowest BCUT2D eigenvalue weighted by molar-refractivity contribution is -0.136. The topological polar surface area (TPSA) is 99.6 Å². The molecule has 8 heteroatoms. The van der Waals surface area contributed by atoms with Crippen LogP contribution in [0.2, 0.25) is 0 Å². The van der Waals surface area contributed by atoms with Crippen LogP contribution in [0.25, 0.3) is 11.5 Å². The zero-order chi connectivity index (χ0) is 23.9. The fourth-order valence-corrected chi connectivity index (χ4v) is 3.49. The first-order chi connectivity index (χ1) is 16.5. The number of aliphatic carboxylic acids is 1. The Morgan fingerprint density at radius 3 is 2.56 bits per heavy atom. The summed E-state index contributed by atoms with van der Waals surface area (Å²) in [5, 5.41) is 13.4. The predicted octanol–water partition coefficient (Wildman–Crippen LogP) is 4.89. The van der Waals surface area contributed by atoms with Gasteiger partial charge in [-0.3, -0.25) is 9.48 Å². The molecule has 4 aromatic rings. The van der Waals surface area contributed by atoms with Crippen molar-refractivity contribution >= 4 is 5.97 Å². The molecule has 0 aliphatic heterocycles. The zero-order valence-corrected chi connectivity index (χ0v) is 19.2. The molecule has 0 saturated heterocycles. The van der Waals surface area contributed by atoms with Gasteiger partial charge in [0.15, 0.2) is 0 Å². The summed E-state index contributed by atoms with van der Waals surface area (Å²) in [5.74, 6) is 1.69. The van der Waals surface area contributed by atoms with Gasteiger partial charge in [-0.15, -0.1) is 5.10 Å². The lowest BCUT2D eigenvalue weighted by Gasteiger charge is -2.06. The number of carboxylic acids is 1. The third-order valence-electron chi connectivity index (χ3n) is 5.24. The number of ether oxygens (including phenoxy) is 2. The minimum Gasteiger partial charge on any atom is -0.487 e. The molecule has 2 aromatic heterocycles. The maximum absolute atomic E-state index is 10.9. The Labute approximate surface area is 197 Å². The highest BCUT2D eigenvalue weighted by molar-refractivity contribution is 5.67. The van der Waals surface area contributed by atoms with E-state index in [0.29, 0.717) is 38.0 Å². The van der Waals surface area contributed by atoms with Crippen LogP contribution in [0.3, 0.4) is 0 Å². The van der Waals surface area contributed by atoms with Gasteiger partial charge in [-0.05, 0) is 50.1 Å². The van der Waals surface area contributed by atoms with Crippen LogP contribution in [0.5, 0.6) is 11.6 Å². The highest BCUT2D eigenvalue weighted by atomic mass is 16.5. The van der Waals surface area contributed by atoms with Crippen LogP contribution in [0.15, 0.2) is 65.2 Å². The van der Waals surface area contributed by atoms with Crippen LogP contribution in [0, 0.1) is 6.92 Å². The van der Waals surface area contributed by atoms with E-state index < -0.39 is 5.97 Å². The Kier molecular flexibility index (Phi) is 7.27. The van der Waals surface area contributed by atoms with Crippen molar-refractivity contribution in [2.45, 2.75) is 39.8 Å². The van der Waals surface area contributed by atoms with E-state index in [1.165, 1.54) is 0 Å². The lowest BCUT2D eigenvalue weighted by atomic mass is 10.2. The Morgan fingerprint density at radius 1 is 1.09 bits per heavy atom. The Hall–Kier alpha value is -4.07. The van der Waals surface area contributed by atoms with Crippen LogP contribution in [0.1, 0.15) is 35.9 Å². The first-order valence-electron chi connectivity index (χ1n) is 11.2. The number of benzene rings is 2. The van der Waals surface area contributed by atoms with Crippen molar-refractivity contribution < 1.29 is 23.8 Å². The normalized spacial score (nSPS) is 10.9. The average molecular weight is 462 g/mol. The molecule has 8 nitrogen and oxygen atoms in total. The molecule has 34 heavy (non-hydrogen) atoms. The molecule has 0 bridgehead atoms. The summed E-state index contributed by atoms with van der Waals surface area (Å²) in [6, 6.07) is 17.5.